The first-order chi connectivity index (χ1) is 8.27. The summed E-state index contributed by atoms with van der Waals surface area (Å²) >= 11 is 0. The summed E-state index contributed by atoms with van der Waals surface area (Å²) in [4.78, 5) is 0. The Labute approximate surface area is 106 Å². The second kappa shape index (κ2) is 8.16. The van der Waals surface area contributed by atoms with E-state index in [0.717, 1.165) is 18.4 Å². The zero-order valence-corrected chi connectivity index (χ0v) is 11.3. The van der Waals surface area contributed by atoms with Gasteiger partial charge in [0.1, 0.15) is 5.75 Å². The van der Waals surface area contributed by atoms with Gasteiger partial charge in [0.05, 0.1) is 0 Å². The van der Waals surface area contributed by atoms with E-state index in [2.05, 4.69) is 26.0 Å². The molecule has 0 aliphatic rings. The van der Waals surface area contributed by atoms with Crippen molar-refractivity contribution >= 4 is 0 Å². The highest BCUT2D eigenvalue weighted by molar-refractivity contribution is 5.36. The van der Waals surface area contributed by atoms with E-state index < -0.39 is 0 Å². The molecule has 17 heavy (non-hydrogen) atoms. The van der Waals surface area contributed by atoms with Crippen LogP contribution in [-0.2, 0) is 12.8 Å². The van der Waals surface area contributed by atoms with E-state index >= 15 is 0 Å². The highest BCUT2D eigenvalue weighted by Gasteiger charge is 2.02. The molecule has 1 rings (SSSR count). The molecule has 1 aromatic rings. The first-order valence-corrected chi connectivity index (χ1v) is 7.08. The third-order valence-corrected chi connectivity index (χ3v) is 3.26. The summed E-state index contributed by atoms with van der Waals surface area (Å²) in [5.74, 6) is 0.474. The number of unbranched alkanes of at least 4 members (excludes halogenated alkanes) is 4. The van der Waals surface area contributed by atoms with Gasteiger partial charge in [-0.2, -0.15) is 0 Å². The first kappa shape index (κ1) is 14.1. The van der Waals surface area contributed by atoms with E-state index in [4.69, 9.17) is 0 Å². The van der Waals surface area contributed by atoms with Gasteiger partial charge >= 0.3 is 0 Å². The minimum absolute atomic E-state index is 0.474. The van der Waals surface area contributed by atoms with Gasteiger partial charge in [0.25, 0.3) is 0 Å². The lowest BCUT2D eigenvalue weighted by Gasteiger charge is -2.07. The number of hydrogen-bond donors (Lipinski definition) is 1. The van der Waals surface area contributed by atoms with Gasteiger partial charge in [-0.25, -0.2) is 0 Å². The molecule has 0 spiro atoms. The number of hydrogen-bond acceptors (Lipinski definition) is 1. The molecule has 0 radical (unpaired) electrons. The molecule has 0 aromatic heterocycles. The standard InChI is InChI=1S/C16H26O/c1-3-5-7-8-10-15-13-14(9-6-4-2)11-12-16(15)17/h11-13,17H,3-10H2,1-2H3. The topological polar surface area (TPSA) is 20.2 Å². The highest BCUT2D eigenvalue weighted by atomic mass is 16.3. The Bertz CT molecular complexity index is 317. The summed E-state index contributed by atoms with van der Waals surface area (Å²) < 4.78 is 0. The Morgan fingerprint density at radius 2 is 1.65 bits per heavy atom. The molecule has 0 amide bonds. The predicted octanol–water partition coefficient (Wildman–Crippen LogP) is 4.86. The molecule has 0 aliphatic heterocycles. The molecule has 1 nitrogen and oxygen atoms in total. The first-order valence-electron chi connectivity index (χ1n) is 7.08. The average Bonchev–Trinajstić information content (AvgIpc) is 2.35. The fourth-order valence-electron chi connectivity index (χ4n) is 2.12. The zero-order chi connectivity index (χ0) is 12.5. The molecule has 0 saturated carbocycles. The maximum absolute atomic E-state index is 9.82. The zero-order valence-electron chi connectivity index (χ0n) is 11.3. The molecule has 0 heterocycles. The fraction of sp³-hybridized carbons (Fsp3) is 0.625. The third kappa shape index (κ3) is 5.25. The van der Waals surface area contributed by atoms with Crippen LogP contribution in [0.25, 0.3) is 0 Å². The largest absolute Gasteiger partial charge is 0.508 e. The number of phenols is 1. The van der Waals surface area contributed by atoms with Crippen molar-refractivity contribution in [2.45, 2.75) is 65.2 Å². The molecule has 1 aromatic carbocycles. The molecule has 0 saturated heterocycles. The minimum atomic E-state index is 0.474. The molecule has 1 heteroatoms. The SMILES string of the molecule is CCCCCCc1cc(CCCC)ccc1O. The number of rotatable bonds is 8. The van der Waals surface area contributed by atoms with Crippen LogP contribution in [0.15, 0.2) is 18.2 Å². The van der Waals surface area contributed by atoms with Crippen LogP contribution in [0.2, 0.25) is 0 Å². The summed E-state index contributed by atoms with van der Waals surface area (Å²) in [6.45, 7) is 4.44. The van der Waals surface area contributed by atoms with Gasteiger partial charge in [-0.15, -0.1) is 0 Å². The average molecular weight is 234 g/mol. The minimum Gasteiger partial charge on any atom is -0.508 e. The van der Waals surface area contributed by atoms with E-state index in [1.165, 1.54) is 44.1 Å². The molecule has 0 bridgehead atoms. The molecule has 1 N–H and O–H groups in total. The molecule has 0 unspecified atom stereocenters. The van der Waals surface area contributed by atoms with Crippen molar-refractivity contribution in [3.05, 3.63) is 29.3 Å². The van der Waals surface area contributed by atoms with Crippen molar-refractivity contribution in [3.63, 3.8) is 0 Å². The monoisotopic (exact) mass is 234 g/mol. The molecule has 96 valence electrons. The number of aryl methyl sites for hydroxylation is 2. The van der Waals surface area contributed by atoms with Gasteiger partial charge in [-0.05, 0) is 42.9 Å². The number of phenolic OH excluding ortho intramolecular Hbond substituents is 1. The van der Waals surface area contributed by atoms with Gasteiger partial charge in [-0.3, -0.25) is 0 Å². The second-order valence-corrected chi connectivity index (χ2v) is 4.88. The maximum Gasteiger partial charge on any atom is 0.118 e. The van der Waals surface area contributed by atoms with Gasteiger partial charge in [0.2, 0.25) is 0 Å². The Hall–Kier alpha value is -0.980. The van der Waals surface area contributed by atoms with Crippen molar-refractivity contribution in [2.75, 3.05) is 0 Å². The van der Waals surface area contributed by atoms with Crippen LogP contribution in [0.5, 0.6) is 5.75 Å². The molecule has 0 fully saturated rings. The van der Waals surface area contributed by atoms with Gasteiger partial charge in [-0.1, -0.05) is 51.7 Å². The van der Waals surface area contributed by atoms with Gasteiger partial charge < -0.3 is 5.11 Å². The van der Waals surface area contributed by atoms with E-state index in [9.17, 15) is 5.11 Å². The van der Waals surface area contributed by atoms with Gasteiger partial charge in [0, 0.05) is 0 Å². The molecular weight excluding hydrogens is 208 g/mol. The van der Waals surface area contributed by atoms with Gasteiger partial charge in [0.15, 0.2) is 0 Å². The Morgan fingerprint density at radius 3 is 2.35 bits per heavy atom. The Balaban J connectivity index is 2.50. The van der Waals surface area contributed by atoms with Crippen molar-refractivity contribution in [3.8, 4) is 5.75 Å². The van der Waals surface area contributed by atoms with Crippen LogP contribution in [0.3, 0.4) is 0 Å². The van der Waals surface area contributed by atoms with Crippen LogP contribution in [0.1, 0.15) is 63.5 Å². The van der Waals surface area contributed by atoms with Crippen LogP contribution in [-0.4, -0.2) is 5.11 Å². The second-order valence-electron chi connectivity index (χ2n) is 4.88. The summed E-state index contributed by atoms with van der Waals surface area (Å²) in [6.07, 6.45) is 9.66. The molecular formula is C16H26O. The molecule has 0 atom stereocenters. The summed E-state index contributed by atoms with van der Waals surface area (Å²) in [5.41, 5.74) is 2.50. The highest BCUT2D eigenvalue weighted by Crippen LogP contribution is 2.22. The molecule has 0 aliphatic carbocycles. The van der Waals surface area contributed by atoms with Crippen LogP contribution in [0.4, 0.5) is 0 Å². The van der Waals surface area contributed by atoms with Crippen LogP contribution >= 0.6 is 0 Å². The lowest BCUT2D eigenvalue weighted by atomic mass is 10.0. The third-order valence-electron chi connectivity index (χ3n) is 3.26. The lowest BCUT2D eigenvalue weighted by molar-refractivity contribution is 0.466. The van der Waals surface area contributed by atoms with E-state index in [1.54, 1.807) is 0 Å². The van der Waals surface area contributed by atoms with E-state index in [0.29, 0.717) is 5.75 Å². The quantitative estimate of drug-likeness (QED) is 0.637. The lowest BCUT2D eigenvalue weighted by Crippen LogP contribution is -1.91. The van der Waals surface area contributed by atoms with Crippen molar-refractivity contribution < 1.29 is 5.11 Å². The van der Waals surface area contributed by atoms with Crippen LogP contribution < -0.4 is 0 Å². The number of aromatic hydroxyl groups is 1. The van der Waals surface area contributed by atoms with Crippen LogP contribution in [0, 0.1) is 0 Å². The summed E-state index contributed by atoms with van der Waals surface area (Å²) in [7, 11) is 0. The van der Waals surface area contributed by atoms with Crippen molar-refractivity contribution in [1.82, 2.24) is 0 Å². The maximum atomic E-state index is 9.82. The van der Waals surface area contributed by atoms with Crippen molar-refractivity contribution in [2.24, 2.45) is 0 Å². The Kier molecular flexibility index (Phi) is 6.76. The summed E-state index contributed by atoms with van der Waals surface area (Å²) in [5, 5.41) is 9.82. The van der Waals surface area contributed by atoms with Crippen molar-refractivity contribution in [1.29, 1.82) is 0 Å². The Morgan fingerprint density at radius 1 is 0.882 bits per heavy atom. The smallest absolute Gasteiger partial charge is 0.118 e. The van der Waals surface area contributed by atoms with E-state index in [1.807, 2.05) is 6.07 Å². The predicted molar refractivity (Wildman–Crippen MR) is 74.6 cm³/mol. The summed E-state index contributed by atoms with van der Waals surface area (Å²) in [6, 6.07) is 6.11. The normalized spacial score (nSPS) is 10.7. The van der Waals surface area contributed by atoms with E-state index in [-0.39, 0.29) is 0 Å². The fourth-order valence-corrected chi connectivity index (χ4v) is 2.12. The number of benzene rings is 1.